The first-order valence-corrected chi connectivity index (χ1v) is 7.03. The van der Waals surface area contributed by atoms with E-state index >= 15 is 0 Å². The van der Waals surface area contributed by atoms with E-state index in [-0.39, 0.29) is 0 Å². The zero-order valence-electron chi connectivity index (χ0n) is 11.8. The summed E-state index contributed by atoms with van der Waals surface area (Å²) in [5.74, 6) is 0. The third-order valence-electron chi connectivity index (χ3n) is 3.85. The molecule has 0 unspecified atom stereocenters. The molecule has 0 aliphatic carbocycles. The molecule has 3 aromatic rings. The van der Waals surface area contributed by atoms with Gasteiger partial charge in [0.1, 0.15) is 0 Å². The van der Waals surface area contributed by atoms with Gasteiger partial charge in [-0.2, -0.15) is 5.10 Å². The summed E-state index contributed by atoms with van der Waals surface area (Å²) in [6.07, 6.45) is 5.94. The van der Waals surface area contributed by atoms with Gasteiger partial charge in [-0.05, 0) is 36.7 Å². The number of hydrogen-bond donors (Lipinski definition) is 1. The van der Waals surface area contributed by atoms with Crippen LogP contribution >= 0.6 is 0 Å². The van der Waals surface area contributed by atoms with Crippen molar-refractivity contribution in [1.29, 1.82) is 0 Å². The van der Waals surface area contributed by atoms with Crippen molar-refractivity contribution >= 4 is 10.9 Å². The molecule has 0 fully saturated rings. The van der Waals surface area contributed by atoms with Gasteiger partial charge in [0.2, 0.25) is 0 Å². The first-order valence-electron chi connectivity index (χ1n) is 7.03. The average molecular weight is 268 g/mol. The number of benzene rings is 1. The van der Waals surface area contributed by atoms with E-state index in [1.165, 1.54) is 22.2 Å². The molecular weight excluding hydrogens is 248 g/mol. The fraction of sp³-hybridized carbons (Fsp3) is 0.312. The van der Waals surface area contributed by atoms with Crippen LogP contribution in [0, 0.1) is 0 Å². The van der Waals surface area contributed by atoms with E-state index in [9.17, 15) is 0 Å². The highest BCUT2D eigenvalue weighted by molar-refractivity contribution is 5.83. The molecule has 0 aliphatic rings. The molecule has 3 rings (SSSR count). The van der Waals surface area contributed by atoms with Crippen molar-refractivity contribution in [2.24, 2.45) is 12.8 Å². The number of aromatic nitrogens is 3. The van der Waals surface area contributed by atoms with Crippen molar-refractivity contribution in [1.82, 2.24) is 14.3 Å². The van der Waals surface area contributed by atoms with Gasteiger partial charge < -0.3 is 10.3 Å². The van der Waals surface area contributed by atoms with Crippen LogP contribution in [-0.4, -0.2) is 20.9 Å². The standard InChI is InChI=1S/C16H20N4/c1-19-14(6-10-18-19)7-11-20-12-8-15-13(5-9-17)3-2-4-16(15)20/h2-4,6,8,10,12H,5,7,9,11,17H2,1H3. The van der Waals surface area contributed by atoms with Crippen LogP contribution in [0.5, 0.6) is 0 Å². The van der Waals surface area contributed by atoms with Crippen molar-refractivity contribution < 1.29 is 0 Å². The first kappa shape index (κ1) is 12.9. The van der Waals surface area contributed by atoms with Crippen LogP contribution in [0.3, 0.4) is 0 Å². The lowest BCUT2D eigenvalue weighted by Gasteiger charge is -2.07. The predicted octanol–water partition coefficient (Wildman–Crippen LogP) is 2.12. The molecular formula is C16H20N4. The fourth-order valence-corrected chi connectivity index (χ4v) is 2.74. The molecule has 2 aromatic heterocycles. The number of nitrogens with zero attached hydrogens (tertiary/aromatic N) is 3. The van der Waals surface area contributed by atoms with Crippen molar-refractivity contribution in [3.63, 3.8) is 0 Å². The lowest BCUT2D eigenvalue weighted by Crippen LogP contribution is -2.05. The minimum Gasteiger partial charge on any atom is -0.347 e. The first-order chi connectivity index (χ1) is 9.79. The van der Waals surface area contributed by atoms with Crippen LogP contribution in [0.4, 0.5) is 0 Å². The quantitative estimate of drug-likeness (QED) is 0.770. The summed E-state index contributed by atoms with van der Waals surface area (Å²) in [5, 5.41) is 5.53. The van der Waals surface area contributed by atoms with Gasteiger partial charge in [0, 0.05) is 49.0 Å². The molecule has 0 aliphatic heterocycles. The molecule has 2 heterocycles. The zero-order valence-corrected chi connectivity index (χ0v) is 11.8. The highest BCUT2D eigenvalue weighted by atomic mass is 15.3. The topological polar surface area (TPSA) is 48.8 Å². The Morgan fingerprint density at radius 3 is 2.80 bits per heavy atom. The maximum absolute atomic E-state index is 5.68. The monoisotopic (exact) mass is 268 g/mol. The smallest absolute Gasteiger partial charge is 0.0492 e. The average Bonchev–Trinajstić information content (AvgIpc) is 3.04. The molecule has 0 bridgehead atoms. The molecule has 0 atom stereocenters. The van der Waals surface area contributed by atoms with E-state index in [1.54, 1.807) is 0 Å². The van der Waals surface area contributed by atoms with Crippen molar-refractivity contribution in [2.45, 2.75) is 19.4 Å². The van der Waals surface area contributed by atoms with Crippen LogP contribution in [0.25, 0.3) is 10.9 Å². The molecule has 4 nitrogen and oxygen atoms in total. The summed E-state index contributed by atoms with van der Waals surface area (Å²) in [7, 11) is 1.99. The third kappa shape index (κ3) is 2.34. The largest absolute Gasteiger partial charge is 0.347 e. The normalized spacial score (nSPS) is 11.3. The van der Waals surface area contributed by atoms with E-state index in [2.05, 4.69) is 46.2 Å². The Morgan fingerprint density at radius 1 is 1.15 bits per heavy atom. The van der Waals surface area contributed by atoms with Gasteiger partial charge in [-0.25, -0.2) is 0 Å². The zero-order chi connectivity index (χ0) is 13.9. The Morgan fingerprint density at radius 2 is 2.05 bits per heavy atom. The van der Waals surface area contributed by atoms with Crippen LogP contribution in [0.2, 0.25) is 0 Å². The molecule has 0 spiro atoms. The second kappa shape index (κ2) is 5.51. The summed E-state index contributed by atoms with van der Waals surface area (Å²) in [4.78, 5) is 0. The summed E-state index contributed by atoms with van der Waals surface area (Å²) < 4.78 is 4.24. The summed E-state index contributed by atoms with van der Waals surface area (Å²) >= 11 is 0. The Kier molecular flexibility index (Phi) is 3.56. The highest BCUT2D eigenvalue weighted by Crippen LogP contribution is 2.21. The SMILES string of the molecule is Cn1nccc1CCn1ccc2c(CCN)cccc21. The van der Waals surface area contributed by atoms with Gasteiger partial charge in [0.15, 0.2) is 0 Å². The second-order valence-corrected chi connectivity index (χ2v) is 5.09. The van der Waals surface area contributed by atoms with Crippen molar-refractivity contribution in [3.05, 3.63) is 54.0 Å². The number of rotatable bonds is 5. The highest BCUT2D eigenvalue weighted by Gasteiger charge is 2.06. The van der Waals surface area contributed by atoms with E-state index < -0.39 is 0 Å². The second-order valence-electron chi connectivity index (χ2n) is 5.09. The minimum atomic E-state index is 0.694. The van der Waals surface area contributed by atoms with Gasteiger partial charge in [-0.3, -0.25) is 4.68 Å². The summed E-state index contributed by atoms with van der Waals surface area (Å²) in [6.45, 7) is 1.66. The van der Waals surface area contributed by atoms with Crippen LogP contribution < -0.4 is 5.73 Å². The lowest BCUT2D eigenvalue weighted by atomic mass is 10.1. The van der Waals surface area contributed by atoms with E-state index in [0.29, 0.717) is 6.54 Å². The molecule has 104 valence electrons. The maximum atomic E-state index is 5.68. The minimum absolute atomic E-state index is 0.694. The summed E-state index contributed by atoms with van der Waals surface area (Å²) in [6, 6.07) is 10.7. The number of fused-ring (bicyclic) bond motifs is 1. The molecule has 20 heavy (non-hydrogen) atoms. The van der Waals surface area contributed by atoms with E-state index in [1.807, 2.05) is 17.9 Å². The predicted molar refractivity (Wildman–Crippen MR) is 81.6 cm³/mol. The molecule has 0 radical (unpaired) electrons. The molecule has 0 amide bonds. The maximum Gasteiger partial charge on any atom is 0.0492 e. The van der Waals surface area contributed by atoms with Crippen LogP contribution in [0.1, 0.15) is 11.3 Å². The molecule has 0 saturated heterocycles. The number of hydrogen-bond acceptors (Lipinski definition) is 2. The summed E-state index contributed by atoms with van der Waals surface area (Å²) in [5.41, 5.74) is 9.56. The van der Waals surface area contributed by atoms with Gasteiger partial charge in [0.05, 0.1) is 0 Å². The van der Waals surface area contributed by atoms with E-state index in [4.69, 9.17) is 5.73 Å². The number of nitrogens with two attached hydrogens (primary N) is 1. The molecule has 1 aromatic carbocycles. The van der Waals surface area contributed by atoms with Crippen molar-refractivity contribution in [2.75, 3.05) is 6.54 Å². The van der Waals surface area contributed by atoms with Gasteiger partial charge in [0.25, 0.3) is 0 Å². The van der Waals surface area contributed by atoms with Gasteiger partial charge >= 0.3 is 0 Å². The van der Waals surface area contributed by atoms with Crippen LogP contribution in [-0.2, 0) is 26.4 Å². The van der Waals surface area contributed by atoms with Crippen LogP contribution in [0.15, 0.2) is 42.7 Å². The van der Waals surface area contributed by atoms with E-state index in [0.717, 1.165) is 19.4 Å². The Bertz CT molecular complexity index is 708. The van der Waals surface area contributed by atoms with Gasteiger partial charge in [-0.15, -0.1) is 0 Å². The third-order valence-corrected chi connectivity index (χ3v) is 3.85. The number of aryl methyl sites for hydroxylation is 3. The Hall–Kier alpha value is -2.07. The molecule has 0 saturated carbocycles. The fourth-order valence-electron chi connectivity index (χ4n) is 2.74. The Labute approximate surface area is 118 Å². The van der Waals surface area contributed by atoms with Gasteiger partial charge in [-0.1, -0.05) is 12.1 Å². The molecule has 4 heteroatoms. The molecule has 2 N–H and O–H groups in total. The van der Waals surface area contributed by atoms with Crippen molar-refractivity contribution in [3.8, 4) is 0 Å². The lowest BCUT2D eigenvalue weighted by molar-refractivity contribution is 0.649. The Balaban J connectivity index is 1.85.